The molecule has 1 aliphatic rings. The summed E-state index contributed by atoms with van der Waals surface area (Å²) in [6.07, 6.45) is 1.13. The van der Waals surface area contributed by atoms with Gasteiger partial charge in [-0.25, -0.2) is 0 Å². The van der Waals surface area contributed by atoms with Gasteiger partial charge in [-0.15, -0.1) is 0 Å². The Labute approximate surface area is 161 Å². The molecule has 1 atom stereocenters. The molecular formula is C23H29NO3. The van der Waals surface area contributed by atoms with E-state index in [-0.39, 0.29) is 17.4 Å². The number of nitrogens with one attached hydrogen (secondary N) is 1. The van der Waals surface area contributed by atoms with Gasteiger partial charge in [-0.2, -0.15) is 0 Å². The average Bonchev–Trinajstić information content (AvgIpc) is 2.65. The lowest BCUT2D eigenvalue weighted by Crippen LogP contribution is -2.27. The molecule has 0 fully saturated rings. The number of ether oxygens (including phenoxy) is 2. The van der Waals surface area contributed by atoms with Crippen LogP contribution < -0.4 is 14.8 Å². The van der Waals surface area contributed by atoms with Crippen LogP contribution in [0.4, 0.5) is 0 Å². The molecule has 1 aliphatic heterocycles. The van der Waals surface area contributed by atoms with E-state index in [4.69, 9.17) is 9.47 Å². The fraction of sp³-hybridized carbons (Fsp3) is 0.435. The first-order valence-electron chi connectivity index (χ1n) is 9.61. The summed E-state index contributed by atoms with van der Waals surface area (Å²) in [5.74, 6) is 1.60. The Morgan fingerprint density at radius 2 is 1.70 bits per heavy atom. The third-order valence-corrected chi connectivity index (χ3v) is 4.90. The van der Waals surface area contributed by atoms with Gasteiger partial charge in [-0.3, -0.25) is 4.79 Å². The molecule has 1 heterocycles. The van der Waals surface area contributed by atoms with Gasteiger partial charge in [0.1, 0.15) is 13.2 Å². The molecule has 0 radical (unpaired) electrons. The highest BCUT2D eigenvalue weighted by Gasteiger charge is 2.16. The molecule has 2 aromatic rings. The van der Waals surface area contributed by atoms with E-state index >= 15 is 0 Å². The SMILES string of the molecule is C[C@H](NC(=O)CCc1ccc2c(c1)OCCO2)c1ccc(C(C)(C)C)cc1. The first kappa shape index (κ1) is 19.3. The average molecular weight is 367 g/mol. The second-order valence-corrected chi connectivity index (χ2v) is 8.14. The number of carbonyl (C=O) groups excluding carboxylic acids is 1. The lowest BCUT2D eigenvalue weighted by atomic mass is 9.86. The Hall–Kier alpha value is -2.49. The standard InChI is InChI=1S/C23H29NO3/c1-16(18-7-9-19(10-8-18)23(2,3)4)24-22(25)12-6-17-5-11-20-21(15-17)27-14-13-26-20/h5,7-11,15-16H,6,12-14H2,1-4H3,(H,24,25)/t16-/m0/s1. The minimum atomic E-state index is -0.00761. The molecule has 4 nitrogen and oxygen atoms in total. The van der Waals surface area contributed by atoms with Crippen LogP contribution in [-0.4, -0.2) is 19.1 Å². The molecule has 144 valence electrons. The Bertz CT molecular complexity index is 790. The van der Waals surface area contributed by atoms with E-state index in [0.29, 0.717) is 26.1 Å². The summed E-state index contributed by atoms with van der Waals surface area (Å²) < 4.78 is 11.1. The predicted octanol–water partition coefficient (Wildman–Crippen LogP) is 4.57. The molecule has 0 saturated heterocycles. The van der Waals surface area contributed by atoms with Crippen LogP contribution in [0.5, 0.6) is 11.5 Å². The molecule has 3 rings (SSSR count). The van der Waals surface area contributed by atoms with E-state index in [0.717, 1.165) is 22.6 Å². The third kappa shape index (κ3) is 5.03. The molecular weight excluding hydrogens is 338 g/mol. The van der Waals surface area contributed by atoms with Crippen molar-refractivity contribution < 1.29 is 14.3 Å². The van der Waals surface area contributed by atoms with Gasteiger partial charge in [-0.05, 0) is 47.6 Å². The van der Waals surface area contributed by atoms with Crippen molar-refractivity contribution in [1.29, 1.82) is 0 Å². The zero-order valence-electron chi connectivity index (χ0n) is 16.7. The fourth-order valence-corrected chi connectivity index (χ4v) is 3.17. The molecule has 1 amide bonds. The van der Waals surface area contributed by atoms with Crippen molar-refractivity contribution in [3.8, 4) is 11.5 Å². The maximum absolute atomic E-state index is 12.3. The second-order valence-electron chi connectivity index (χ2n) is 8.14. The quantitative estimate of drug-likeness (QED) is 0.842. The topological polar surface area (TPSA) is 47.6 Å². The summed E-state index contributed by atoms with van der Waals surface area (Å²) in [5.41, 5.74) is 3.63. The lowest BCUT2D eigenvalue weighted by Gasteiger charge is -2.21. The van der Waals surface area contributed by atoms with Crippen molar-refractivity contribution in [2.24, 2.45) is 0 Å². The van der Waals surface area contributed by atoms with E-state index in [2.05, 4.69) is 50.4 Å². The van der Waals surface area contributed by atoms with Crippen LogP contribution in [0, 0.1) is 0 Å². The highest BCUT2D eigenvalue weighted by atomic mass is 16.6. The smallest absolute Gasteiger partial charge is 0.220 e. The zero-order chi connectivity index (χ0) is 19.4. The summed E-state index contributed by atoms with van der Waals surface area (Å²) >= 11 is 0. The fourth-order valence-electron chi connectivity index (χ4n) is 3.17. The largest absolute Gasteiger partial charge is 0.486 e. The van der Waals surface area contributed by atoms with Gasteiger partial charge in [0, 0.05) is 6.42 Å². The van der Waals surface area contributed by atoms with Crippen molar-refractivity contribution in [3.63, 3.8) is 0 Å². The highest BCUT2D eigenvalue weighted by Crippen LogP contribution is 2.31. The highest BCUT2D eigenvalue weighted by molar-refractivity contribution is 5.76. The summed E-state index contributed by atoms with van der Waals surface area (Å²) in [5, 5.41) is 3.09. The number of hydrogen-bond acceptors (Lipinski definition) is 3. The number of fused-ring (bicyclic) bond motifs is 1. The Morgan fingerprint density at radius 1 is 1.04 bits per heavy atom. The predicted molar refractivity (Wildman–Crippen MR) is 107 cm³/mol. The molecule has 27 heavy (non-hydrogen) atoms. The lowest BCUT2D eigenvalue weighted by molar-refractivity contribution is -0.121. The van der Waals surface area contributed by atoms with Crippen LogP contribution >= 0.6 is 0 Å². The Balaban J connectivity index is 1.53. The van der Waals surface area contributed by atoms with Gasteiger partial charge in [-0.1, -0.05) is 51.1 Å². The Morgan fingerprint density at radius 3 is 2.37 bits per heavy atom. The van der Waals surface area contributed by atoms with Gasteiger partial charge < -0.3 is 14.8 Å². The minimum Gasteiger partial charge on any atom is -0.486 e. The van der Waals surface area contributed by atoms with Crippen molar-refractivity contribution in [1.82, 2.24) is 5.32 Å². The molecule has 0 unspecified atom stereocenters. The molecule has 1 N–H and O–H groups in total. The van der Waals surface area contributed by atoms with Crippen molar-refractivity contribution in [2.45, 2.75) is 52.0 Å². The molecule has 2 aromatic carbocycles. The molecule has 0 saturated carbocycles. The molecule has 0 aromatic heterocycles. The summed E-state index contributed by atoms with van der Waals surface area (Å²) in [6.45, 7) is 9.78. The zero-order valence-corrected chi connectivity index (χ0v) is 16.7. The van der Waals surface area contributed by atoms with Gasteiger partial charge in [0.25, 0.3) is 0 Å². The minimum absolute atomic E-state index is 0.00761. The van der Waals surface area contributed by atoms with Gasteiger partial charge >= 0.3 is 0 Å². The monoisotopic (exact) mass is 367 g/mol. The molecule has 0 spiro atoms. The van der Waals surface area contributed by atoms with Crippen molar-refractivity contribution in [3.05, 3.63) is 59.2 Å². The van der Waals surface area contributed by atoms with E-state index < -0.39 is 0 Å². The normalized spacial score (nSPS) is 14.5. The van der Waals surface area contributed by atoms with Crippen LogP contribution in [0.1, 0.15) is 56.8 Å². The van der Waals surface area contributed by atoms with E-state index in [9.17, 15) is 4.79 Å². The van der Waals surface area contributed by atoms with Crippen LogP contribution in [0.15, 0.2) is 42.5 Å². The number of hydrogen-bond donors (Lipinski definition) is 1. The second kappa shape index (κ2) is 8.03. The van der Waals surface area contributed by atoms with Crippen LogP contribution in [0.3, 0.4) is 0 Å². The van der Waals surface area contributed by atoms with Crippen molar-refractivity contribution in [2.75, 3.05) is 13.2 Å². The van der Waals surface area contributed by atoms with Crippen LogP contribution in [0.25, 0.3) is 0 Å². The molecule has 0 aliphatic carbocycles. The van der Waals surface area contributed by atoms with E-state index in [1.54, 1.807) is 0 Å². The first-order valence-corrected chi connectivity index (χ1v) is 9.61. The van der Waals surface area contributed by atoms with E-state index in [1.807, 2.05) is 25.1 Å². The summed E-state index contributed by atoms with van der Waals surface area (Å²) in [6, 6.07) is 14.4. The van der Waals surface area contributed by atoms with Crippen LogP contribution in [0.2, 0.25) is 0 Å². The van der Waals surface area contributed by atoms with Gasteiger partial charge in [0.15, 0.2) is 11.5 Å². The van der Waals surface area contributed by atoms with Crippen LogP contribution in [-0.2, 0) is 16.6 Å². The Kier molecular flexibility index (Phi) is 5.73. The summed E-state index contributed by atoms with van der Waals surface area (Å²) in [7, 11) is 0. The summed E-state index contributed by atoms with van der Waals surface area (Å²) in [4.78, 5) is 12.3. The van der Waals surface area contributed by atoms with Crippen molar-refractivity contribution >= 4 is 5.91 Å². The maximum Gasteiger partial charge on any atom is 0.220 e. The number of amides is 1. The molecule has 4 heteroatoms. The number of aryl methyl sites for hydroxylation is 1. The number of rotatable bonds is 5. The molecule has 0 bridgehead atoms. The number of carbonyl (C=O) groups is 1. The van der Waals surface area contributed by atoms with Gasteiger partial charge in [0.2, 0.25) is 5.91 Å². The number of benzene rings is 2. The maximum atomic E-state index is 12.3. The van der Waals surface area contributed by atoms with Gasteiger partial charge in [0.05, 0.1) is 6.04 Å². The third-order valence-electron chi connectivity index (χ3n) is 4.90. The van der Waals surface area contributed by atoms with E-state index in [1.165, 1.54) is 5.56 Å². The first-order chi connectivity index (χ1) is 12.8.